The van der Waals surface area contributed by atoms with Gasteiger partial charge >= 0.3 is 5.63 Å². The fourth-order valence-electron chi connectivity index (χ4n) is 3.70. The van der Waals surface area contributed by atoms with Gasteiger partial charge in [-0.15, -0.1) is 0 Å². The minimum Gasteiger partial charge on any atom is -0.506 e. The molecule has 33 heavy (non-hydrogen) atoms. The summed E-state index contributed by atoms with van der Waals surface area (Å²) in [6.07, 6.45) is 0. The third-order valence-corrected chi connectivity index (χ3v) is 6.73. The van der Waals surface area contributed by atoms with Crippen molar-refractivity contribution in [2.45, 2.75) is 29.6 Å². The lowest BCUT2D eigenvalue weighted by Gasteiger charge is -2.26. The summed E-state index contributed by atoms with van der Waals surface area (Å²) in [4.78, 5) is 16.1. The van der Waals surface area contributed by atoms with Crippen LogP contribution in [0, 0.1) is 0 Å². The van der Waals surface area contributed by atoms with E-state index < -0.39 is 5.63 Å². The maximum Gasteiger partial charge on any atom is 0.354 e. The molecule has 1 aromatic heterocycles. The highest BCUT2D eigenvalue weighted by molar-refractivity contribution is 7.99. The number of hydrogen-bond acceptors (Lipinski definition) is 7. The number of ether oxygens (including phenoxy) is 2. The summed E-state index contributed by atoms with van der Waals surface area (Å²) in [6.45, 7) is 9.06. The van der Waals surface area contributed by atoms with Crippen molar-refractivity contribution in [3.8, 4) is 22.8 Å². The van der Waals surface area contributed by atoms with E-state index in [1.165, 1.54) is 17.8 Å². The maximum atomic E-state index is 12.7. The normalized spacial score (nSPS) is 14.5. The molecule has 0 atom stereocenters. The molecule has 0 unspecified atom stereocenters. The zero-order valence-corrected chi connectivity index (χ0v) is 19.8. The van der Waals surface area contributed by atoms with Crippen molar-refractivity contribution in [3.63, 3.8) is 0 Å². The number of rotatable bonds is 8. The van der Waals surface area contributed by atoms with Crippen LogP contribution in [0.2, 0.25) is 0 Å². The summed E-state index contributed by atoms with van der Waals surface area (Å²) in [5, 5.41) is 10.6. The first kappa shape index (κ1) is 23.4. The van der Waals surface area contributed by atoms with E-state index in [0.29, 0.717) is 23.8 Å². The Hall–Kier alpha value is -2.74. The Morgan fingerprint density at radius 2 is 1.82 bits per heavy atom. The predicted molar refractivity (Wildman–Crippen MR) is 129 cm³/mol. The van der Waals surface area contributed by atoms with Gasteiger partial charge in [-0.2, -0.15) is 0 Å². The maximum absolute atomic E-state index is 12.7. The van der Waals surface area contributed by atoms with Gasteiger partial charge in [0.1, 0.15) is 28.8 Å². The molecular formula is C26H29NO5S. The molecule has 1 saturated heterocycles. The van der Waals surface area contributed by atoms with Crippen LogP contribution in [0.4, 0.5) is 0 Å². The zero-order chi connectivity index (χ0) is 23.2. The molecule has 1 N–H and O–H groups in total. The zero-order valence-electron chi connectivity index (χ0n) is 19.0. The van der Waals surface area contributed by atoms with Crippen LogP contribution < -0.4 is 10.4 Å². The van der Waals surface area contributed by atoms with Gasteiger partial charge in [0, 0.05) is 36.2 Å². The number of hydrogen-bond donors (Lipinski definition) is 1. The van der Waals surface area contributed by atoms with E-state index in [0.717, 1.165) is 49.1 Å². The highest BCUT2D eigenvalue weighted by atomic mass is 32.2. The molecule has 1 aliphatic heterocycles. The van der Waals surface area contributed by atoms with Gasteiger partial charge < -0.3 is 19.0 Å². The monoisotopic (exact) mass is 467 g/mol. The average molecular weight is 468 g/mol. The fourth-order valence-corrected chi connectivity index (χ4v) is 4.78. The molecule has 0 aliphatic carbocycles. The molecule has 1 aliphatic rings. The van der Waals surface area contributed by atoms with Gasteiger partial charge in [0.25, 0.3) is 0 Å². The van der Waals surface area contributed by atoms with Crippen LogP contribution in [-0.4, -0.2) is 49.5 Å². The van der Waals surface area contributed by atoms with E-state index in [4.69, 9.17) is 13.9 Å². The average Bonchev–Trinajstić information content (AvgIpc) is 2.82. The third-order valence-electron chi connectivity index (χ3n) is 5.56. The second-order valence-corrected chi connectivity index (χ2v) is 9.29. The Balaban J connectivity index is 1.44. The molecule has 6 nitrogen and oxygen atoms in total. The van der Waals surface area contributed by atoms with Crippen molar-refractivity contribution in [1.82, 2.24) is 4.90 Å². The molecule has 0 bridgehead atoms. The molecule has 4 rings (SSSR count). The van der Waals surface area contributed by atoms with Gasteiger partial charge in [-0.1, -0.05) is 43.8 Å². The molecule has 0 spiro atoms. The number of morpholine rings is 1. The van der Waals surface area contributed by atoms with E-state index in [2.05, 4.69) is 18.7 Å². The van der Waals surface area contributed by atoms with Gasteiger partial charge in [-0.25, -0.2) is 4.79 Å². The van der Waals surface area contributed by atoms with Crippen molar-refractivity contribution in [2.75, 3.05) is 39.5 Å². The quantitative estimate of drug-likeness (QED) is 0.500. The first-order chi connectivity index (χ1) is 16.0. The van der Waals surface area contributed by atoms with Crippen LogP contribution in [0.5, 0.6) is 11.5 Å². The van der Waals surface area contributed by atoms with Crippen LogP contribution in [0.3, 0.4) is 0 Å². The molecular weight excluding hydrogens is 438 g/mol. The van der Waals surface area contributed by atoms with Crippen LogP contribution in [0.25, 0.3) is 11.3 Å². The first-order valence-electron chi connectivity index (χ1n) is 11.2. The molecule has 7 heteroatoms. The number of aromatic hydroxyl groups is 1. The second-order valence-electron chi connectivity index (χ2n) is 8.23. The lowest BCUT2D eigenvalue weighted by molar-refractivity contribution is 0.0322. The molecule has 0 radical (unpaired) electrons. The smallest absolute Gasteiger partial charge is 0.354 e. The summed E-state index contributed by atoms with van der Waals surface area (Å²) in [6, 6.07) is 16.7. The molecule has 2 heterocycles. The molecule has 1 fully saturated rings. The highest BCUT2D eigenvalue weighted by Crippen LogP contribution is 2.37. The van der Waals surface area contributed by atoms with E-state index in [9.17, 15) is 9.90 Å². The lowest BCUT2D eigenvalue weighted by Crippen LogP contribution is -2.38. The van der Waals surface area contributed by atoms with E-state index in [1.54, 1.807) is 0 Å². The van der Waals surface area contributed by atoms with Crippen molar-refractivity contribution in [3.05, 3.63) is 70.6 Å². The summed E-state index contributed by atoms with van der Waals surface area (Å²) in [5.41, 5.74) is 1.26. The lowest BCUT2D eigenvalue weighted by atomic mass is 10.0. The van der Waals surface area contributed by atoms with E-state index in [-0.39, 0.29) is 10.6 Å². The highest BCUT2D eigenvalue weighted by Gasteiger charge is 2.17. The van der Waals surface area contributed by atoms with E-state index in [1.807, 2.05) is 48.5 Å². The second kappa shape index (κ2) is 10.9. The molecule has 174 valence electrons. The van der Waals surface area contributed by atoms with Crippen molar-refractivity contribution in [2.24, 2.45) is 0 Å². The van der Waals surface area contributed by atoms with Gasteiger partial charge in [-0.3, -0.25) is 4.90 Å². The topological polar surface area (TPSA) is 72.1 Å². The van der Waals surface area contributed by atoms with Gasteiger partial charge in [-0.05, 0) is 41.8 Å². The van der Waals surface area contributed by atoms with Crippen molar-refractivity contribution >= 4 is 11.8 Å². The predicted octanol–water partition coefficient (Wildman–Crippen LogP) is 5.00. The SMILES string of the molecule is CC(C)c1ccccc1Sc1c(O)cc(-c2ccc(OCCN3CCOCC3)cc2)oc1=O. The molecule has 0 amide bonds. The standard InChI is InChI=1S/C26H29NO5S/c1-18(2)21-5-3-4-6-24(21)33-25-22(28)17-23(32-26(25)29)19-7-9-20(10-8-19)31-16-13-27-11-14-30-15-12-27/h3-10,17-18,28H,11-16H2,1-2H3. The summed E-state index contributed by atoms with van der Waals surface area (Å²) in [5.74, 6) is 1.28. The number of benzene rings is 2. The number of nitrogens with zero attached hydrogens (tertiary/aromatic N) is 1. The minimum absolute atomic E-state index is 0.0874. The molecule has 0 saturated carbocycles. The largest absolute Gasteiger partial charge is 0.506 e. The van der Waals surface area contributed by atoms with Gasteiger partial charge in [0.15, 0.2) is 0 Å². The third kappa shape index (κ3) is 5.99. The minimum atomic E-state index is -0.556. The Morgan fingerprint density at radius 3 is 2.52 bits per heavy atom. The van der Waals surface area contributed by atoms with Crippen LogP contribution in [0.1, 0.15) is 25.3 Å². The van der Waals surface area contributed by atoms with Crippen LogP contribution >= 0.6 is 11.8 Å². The van der Waals surface area contributed by atoms with Gasteiger partial charge in [0.2, 0.25) is 0 Å². The van der Waals surface area contributed by atoms with Crippen molar-refractivity contribution < 1.29 is 19.0 Å². The Kier molecular flexibility index (Phi) is 7.75. The fraction of sp³-hybridized carbons (Fsp3) is 0.346. The summed E-state index contributed by atoms with van der Waals surface area (Å²) < 4.78 is 16.7. The Labute approximate surface area is 198 Å². The first-order valence-corrected chi connectivity index (χ1v) is 12.0. The van der Waals surface area contributed by atoms with Crippen molar-refractivity contribution in [1.29, 1.82) is 0 Å². The summed E-state index contributed by atoms with van der Waals surface area (Å²) >= 11 is 1.23. The van der Waals surface area contributed by atoms with Crippen LogP contribution in [-0.2, 0) is 4.74 Å². The summed E-state index contributed by atoms with van der Waals surface area (Å²) in [7, 11) is 0. The Morgan fingerprint density at radius 1 is 1.09 bits per heavy atom. The Bertz CT molecular complexity index is 1120. The molecule has 2 aromatic carbocycles. The van der Waals surface area contributed by atoms with E-state index >= 15 is 0 Å². The van der Waals surface area contributed by atoms with Crippen LogP contribution in [0.15, 0.2) is 73.6 Å². The van der Waals surface area contributed by atoms with Gasteiger partial charge in [0.05, 0.1) is 13.2 Å². The molecule has 3 aromatic rings.